The second kappa shape index (κ2) is 6.72. The van der Waals surface area contributed by atoms with Crippen LogP contribution in [0.3, 0.4) is 0 Å². The van der Waals surface area contributed by atoms with E-state index < -0.39 is 9.84 Å². The van der Waals surface area contributed by atoms with Crippen molar-refractivity contribution in [2.75, 3.05) is 12.3 Å². The van der Waals surface area contributed by atoms with E-state index in [1.165, 1.54) is 0 Å². The molecule has 0 radical (unpaired) electrons. The third kappa shape index (κ3) is 3.61. The van der Waals surface area contributed by atoms with Crippen LogP contribution in [0.4, 0.5) is 0 Å². The van der Waals surface area contributed by atoms with Gasteiger partial charge in [0.25, 0.3) is 0 Å². The van der Waals surface area contributed by atoms with E-state index in [4.69, 9.17) is 0 Å². The van der Waals surface area contributed by atoms with E-state index in [-0.39, 0.29) is 5.25 Å². The lowest BCUT2D eigenvalue weighted by Crippen LogP contribution is -2.30. The molecule has 1 aliphatic rings. The van der Waals surface area contributed by atoms with Crippen molar-refractivity contribution in [3.05, 3.63) is 18.0 Å². The zero-order chi connectivity index (χ0) is 14.6. The quantitative estimate of drug-likeness (QED) is 0.835. The molecule has 20 heavy (non-hydrogen) atoms. The average molecular weight is 299 g/mol. The van der Waals surface area contributed by atoms with Crippen LogP contribution >= 0.6 is 0 Å². The first-order valence-corrected chi connectivity index (χ1v) is 9.24. The Morgan fingerprint density at radius 2 is 2.20 bits per heavy atom. The molecule has 0 aromatic carbocycles. The van der Waals surface area contributed by atoms with E-state index in [9.17, 15) is 8.42 Å². The summed E-state index contributed by atoms with van der Waals surface area (Å²) in [4.78, 5) is 0. The van der Waals surface area contributed by atoms with Gasteiger partial charge in [0.05, 0.1) is 22.7 Å². The topological polar surface area (TPSA) is 64.0 Å². The van der Waals surface area contributed by atoms with Gasteiger partial charge in [-0.05, 0) is 31.7 Å². The molecular formula is C14H25N3O2S. The van der Waals surface area contributed by atoms with E-state index in [0.717, 1.165) is 31.4 Å². The third-order valence-corrected chi connectivity index (χ3v) is 6.40. The number of hydrogen-bond acceptors (Lipinski definition) is 4. The van der Waals surface area contributed by atoms with Gasteiger partial charge in [0.1, 0.15) is 0 Å². The summed E-state index contributed by atoms with van der Waals surface area (Å²) in [5.41, 5.74) is 0.979. The van der Waals surface area contributed by atoms with Crippen molar-refractivity contribution in [2.24, 2.45) is 0 Å². The molecule has 1 aromatic heterocycles. The van der Waals surface area contributed by atoms with Crippen molar-refractivity contribution in [2.45, 2.75) is 57.4 Å². The molecule has 2 rings (SSSR count). The molecule has 0 saturated carbocycles. The monoisotopic (exact) mass is 299 g/mol. The maximum absolute atomic E-state index is 11.7. The molecule has 1 aliphatic heterocycles. The summed E-state index contributed by atoms with van der Waals surface area (Å²) >= 11 is 0. The lowest BCUT2D eigenvalue weighted by atomic mass is 10.2. The van der Waals surface area contributed by atoms with Gasteiger partial charge in [-0.3, -0.25) is 4.68 Å². The Bertz CT molecular complexity index is 520. The summed E-state index contributed by atoms with van der Waals surface area (Å²) in [5, 5.41) is 7.59. The van der Waals surface area contributed by atoms with Gasteiger partial charge in [0, 0.05) is 19.3 Å². The molecular weight excluding hydrogens is 274 g/mol. The SMILES string of the molecule is CCC(CC)n1ccc(CNCC2CCCS2(=O)=O)n1. The van der Waals surface area contributed by atoms with Gasteiger partial charge in [0.15, 0.2) is 9.84 Å². The highest BCUT2D eigenvalue weighted by atomic mass is 32.2. The zero-order valence-corrected chi connectivity index (χ0v) is 13.2. The normalized spacial score (nSPS) is 21.6. The molecule has 0 spiro atoms. The van der Waals surface area contributed by atoms with Crippen LogP contribution < -0.4 is 5.32 Å². The summed E-state index contributed by atoms with van der Waals surface area (Å²) in [6, 6.07) is 2.47. The van der Waals surface area contributed by atoms with Crippen molar-refractivity contribution in [1.82, 2.24) is 15.1 Å². The Balaban J connectivity index is 1.83. The number of nitrogens with one attached hydrogen (secondary N) is 1. The van der Waals surface area contributed by atoms with Crippen LogP contribution in [0.25, 0.3) is 0 Å². The van der Waals surface area contributed by atoms with Crippen LogP contribution in [-0.4, -0.2) is 35.7 Å². The molecule has 0 aliphatic carbocycles. The molecule has 1 saturated heterocycles. The maximum atomic E-state index is 11.7. The highest BCUT2D eigenvalue weighted by Gasteiger charge is 2.30. The Kier molecular flexibility index (Phi) is 5.21. The van der Waals surface area contributed by atoms with Crippen molar-refractivity contribution >= 4 is 9.84 Å². The van der Waals surface area contributed by atoms with E-state index in [1.54, 1.807) is 0 Å². The van der Waals surface area contributed by atoms with Crippen LogP contribution in [0.15, 0.2) is 12.3 Å². The summed E-state index contributed by atoms with van der Waals surface area (Å²) < 4.78 is 25.4. The minimum atomic E-state index is -2.85. The number of aromatic nitrogens is 2. The van der Waals surface area contributed by atoms with Gasteiger partial charge in [-0.25, -0.2) is 8.42 Å². The predicted octanol–water partition coefficient (Wildman–Crippen LogP) is 1.91. The van der Waals surface area contributed by atoms with Crippen molar-refractivity contribution in [1.29, 1.82) is 0 Å². The largest absolute Gasteiger partial charge is 0.310 e. The van der Waals surface area contributed by atoms with Gasteiger partial charge < -0.3 is 5.32 Å². The first kappa shape index (κ1) is 15.5. The van der Waals surface area contributed by atoms with E-state index in [0.29, 0.717) is 24.9 Å². The molecule has 0 bridgehead atoms. The molecule has 5 nitrogen and oxygen atoms in total. The molecule has 0 amide bonds. The molecule has 1 N–H and O–H groups in total. The fraction of sp³-hybridized carbons (Fsp3) is 0.786. The van der Waals surface area contributed by atoms with E-state index in [2.05, 4.69) is 24.3 Å². The second-order valence-electron chi connectivity index (χ2n) is 5.52. The van der Waals surface area contributed by atoms with Crippen LogP contribution in [-0.2, 0) is 16.4 Å². The minimum absolute atomic E-state index is 0.205. The molecule has 114 valence electrons. The van der Waals surface area contributed by atoms with Gasteiger partial charge in [-0.15, -0.1) is 0 Å². The van der Waals surface area contributed by atoms with Crippen LogP contribution in [0.1, 0.15) is 51.3 Å². The minimum Gasteiger partial charge on any atom is -0.310 e. The van der Waals surface area contributed by atoms with Crippen LogP contribution in [0.2, 0.25) is 0 Å². The highest BCUT2D eigenvalue weighted by molar-refractivity contribution is 7.92. The average Bonchev–Trinajstić information content (AvgIpc) is 2.99. The summed E-state index contributed by atoms with van der Waals surface area (Å²) in [6.45, 7) is 5.51. The predicted molar refractivity (Wildman–Crippen MR) is 80.4 cm³/mol. The highest BCUT2D eigenvalue weighted by Crippen LogP contribution is 2.19. The maximum Gasteiger partial charge on any atom is 0.154 e. The standard InChI is InChI=1S/C14H25N3O2S/c1-3-13(4-2)17-8-7-12(16-17)10-15-11-14-6-5-9-20(14,18)19/h7-8,13-15H,3-6,9-11H2,1-2H3. The first-order chi connectivity index (χ1) is 9.56. The smallest absolute Gasteiger partial charge is 0.154 e. The number of hydrogen-bond donors (Lipinski definition) is 1. The van der Waals surface area contributed by atoms with Gasteiger partial charge in [-0.2, -0.15) is 5.10 Å². The van der Waals surface area contributed by atoms with E-state index >= 15 is 0 Å². The van der Waals surface area contributed by atoms with Gasteiger partial charge >= 0.3 is 0 Å². The first-order valence-electron chi connectivity index (χ1n) is 7.53. The van der Waals surface area contributed by atoms with Crippen molar-refractivity contribution in [3.8, 4) is 0 Å². The van der Waals surface area contributed by atoms with Crippen LogP contribution in [0, 0.1) is 0 Å². The molecule has 1 fully saturated rings. The van der Waals surface area contributed by atoms with Gasteiger partial charge in [0.2, 0.25) is 0 Å². The van der Waals surface area contributed by atoms with Crippen LogP contribution in [0.5, 0.6) is 0 Å². The summed E-state index contributed by atoms with van der Waals surface area (Å²) in [6.07, 6.45) is 5.76. The Morgan fingerprint density at radius 1 is 1.45 bits per heavy atom. The second-order valence-corrected chi connectivity index (χ2v) is 7.92. The fourth-order valence-corrected chi connectivity index (χ4v) is 4.59. The summed E-state index contributed by atoms with van der Waals surface area (Å²) in [7, 11) is -2.85. The lowest BCUT2D eigenvalue weighted by Gasteiger charge is -2.12. The Labute approximate surface area is 121 Å². The Morgan fingerprint density at radius 3 is 2.80 bits per heavy atom. The number of sulfone groups is 1. The van der Waals surface area contributed by atoms with Crippen molar-refractivity contribution in [3.63, 3.8) is 0 Å². The molecule has 6 heteroatoms. The molecule has 1 atom stereocenters. The molecule has 1 unspecified atom stereocenters. The number of rotatable bonds is 7. The van der Waals surface area contributed by atoms with E-state index in [1.807, 2.05) is 16.9 Å². The lowest BCUT2D eigenvalue weighted by molar-refractivity contribution is 0.424. The van der Waals surface area contributed by atoms with Crippen molar-refractivity contribution < 1.29 is 8.42 Å². The van der Waals surface area contributed by atoms with Gasteiger partial charge in [-0.1, -0.05) is 13.8 Å². The zero-order valence-electron chi connectivity index (χ0n) is 12.4. The fourth-order valence-electron chi connectivity index (χ4n) is 2.79. The third-order valence-electron chi connectivity index (χ3n) is 4.12. The summed E-state index contributed by atoms with van der Waals surface area (Å²) in [5.74, 6) is 0.350. The molecule has 2 heterocycles. The Hall–Kier alpha value is -0.880. The molecule has 1 aromatic rings. The number of nitrogens with zero attached hydrogens (tertiary/aromatic N) is 2.